The number of hydrogen-bond acceptors (Lipinski definition) is 2. The van der Waals surface area contributed by atoms with Crippen LogP contribution in [-0.4, -0.2) is 6.29 Å². The van der Waals surface area contributed by atoms with Crippen molar-refractivity contribution in [2.75, 3.05) is 0 Å². The molecule has 0 aliphatic heterocycles. The van der Waals surface area contributed by atoms with Crippen LogP contribution in [0, 0.1) is 0 Å². The van der Waals surface area contributed by atoms with Crippen LogP contribution in [0.1, 0.15) is 16.1 Å². The van der Waals surface area contributed by atoms with Crippen LogP contribution in [0.25, 0.3) is 0 Å². The monoisotopic (exact) mass is 212 g/mol. The lowest BCUT2D eigenvalue weighted by atomic mass is 10.3. The minimum Gasteiger partial charge on any atom is -0.461 e. The van der Waals surface area contributed by atoms with Crippen molar-refractivity contribution in [2.45, 2.75) is 3.79 Å². The van der Waals surface area contributed by atoms with E-state index in [9.17, 15) is 4.79 Å². The van der Waals surface area contributed by atoms with E-state index < -0.39 is 3.79 Å². The highest BCUT2D eigenvalue weighted by Gasteiger charge is 2.27. The Balaban J connectivity index is 3.12. The minimum absolute atomic E-state index is 0.0463. The number of hydrogen-bond donors (Lipinski definition) is 0. The molecule has 0 radical (unpaired) electrons. The van der Waals surface area contributed by atoms with Gasteiger partial charge in [-0.1, -0.05) is 34.8 Å². The first-order valence-electron chi connectivity index (χ1n) is 2.65. The molecule has 0 bridgehead atoms. The lowest BCUT2D eigenvalue weighted by Crippen LogP contribution is -2.00. The molecule has 60 valence electrons. The Morgan fingerprint density at radius 2 is 2.09 bits per heavy atom. The first kappa shape index (κ1) is 8.91. The van der Waals surface area contributed by atoms with Crippen LogP contribution >= 0.6 is 34.8 Å². The maximum atomic E-state index is 10.3. The first-order chi connectivity index (χ1) is 5.05. The van der Waals surface area contributed by atoms with Crippen LogP contribution in [0.2, 0.25) is 0 Å². The Morgan fingerprint density at radius 1 is 1.45 bits per heavy atom. The quantitative estimate of drug-likeness (QED) is 0.530. The third kappa shape index (κ3) is 1.89. The highest BCUT2D eigenvalue weighted by atomic mass is 35.6. The van der Waals surface area contributed by atoms with Gasteiger partial charge in [-0.2, -0.15) is 0 Å². The smallest absolute Gasteiger partial charge is 0.219 e. The maximum absolute atomic E-state index is 10.3. The summed E-state index contributed by atoms with van der Waals surface area (Å²) in [5.41, 5.74) is 0.262. The third-order valence-electron chi connectivity index (χ3n) is 1.11. The molecule has 0 amide bonds. The summed E-state index contributed by atoms with van der Waals surface area (Å²) >= 11 is 16.5. The van der Waals surface area contributed by atoms with E-state index >= 15 is 0 Å². The Morgan fingerprint density at radius 3 is 2.45 bits per heavy atom. The summed E-state index contributed by atoms with van der Waals surface area (Å²) in [6.07, 6.45) is 1.79. The predicted molar refractivity (Wildman–Crippen MR) is 43.3 cm³/mol. The minimum atomic E-state index is -1.59. The van der Waals surface area contributed by atoms with Crippen LogP contribution in [0.3, 0.4) is 0 Å². The number of carbonyl (C=O) groups excluding carboxylic acids is 1. The lowest BCUT2D eigenvalue weighted by Gasteiger charge is -2.07. The highest BCUT2D eigenvalue weighted by Crippen LogP contribution is 2.39. The summed E-state index contributed by atoms with van der Waals surface area (Å²) in [4.78, 5) is 10.3. The SMILES string of the molecule is O=Cc1occc1C(Cl)(Cl)Cl. The van der Waals surface area contributed by atoms with Crippen molar-refractivity contribution in [3.8, 4) is 0 Å². The number of halogens is 3. The zero-order valence-electron chi connectivity index (χ0n) is 5.18. The largest absolute Gasteiger partial charge is 0.461 e. The van der Waals surface area contributed by atoms with Crippen molar-refractivity contribution < 1.29 is 9.21 Å². The van der Waals surface area contributed by atoms with Crippen LogP contribution in [0.5, 0.6) is 0 Å². The zero-order chi connectivity index (χ0) is 8.48. The summed E-state index contributed by atoms with van der Waals surface area (Å²) in [6, 6.07) is 1.44. The fourth-order valence-corrected chi connectivity index (χ4v) is 1.11. The molecule has 0 saturated carbocycles. The van der Waals surface area contributed by atoms with Gasteiger partial charge in [0.2, 0.25) is 3.79 Å². The van der Waals surface area contributed by atoms with Gasteiger partial charge in [-0.15, -0.1) is 0 Å². The molecule has 0 fully saturated rings. The maximum Gasteiger partial charge on any atom is 0.219 e. The second-order valence-corrected chi connectivity index (χ2v) is 4.10. The molecule has 11 heavy (non-hydrogen) atoms. The molecule has 0 atom stereocenters. The fraction of sp³-hybridized carbons (Fsp3) is 0.167. The van der Waals surface area contributed by atoms with Crippen molar-refractivity contribution >= 4 is 41.1 Å². The normalized spacial score (nSPS) is 11.5. The molecule has 0 N–H and O–H groups in total. The number of alkyl halides is 3. The predicted octanol–water partition coefficient (Wildman–Crippen LogP) is 2.92. The van der Waals surface area contributed by atoms with Crippen molar-refractivity contribution in [3.63, 3.8) is 0 Å². The van der Waals surface area contributed by atoms with Gasteiger partial charge in [0.25, 0.3) is 0 Å². The molecular formula is C6H3Cl3O2. The molecule has 0 aromatic carbocycles. The van der Waals surface area contributed by atoms with E-state index in [-0.39, 0.29) is 11.3 Å². The average molecular weight is 213 g/mol. The summed E-state index contributed by atoms with van der Waals surface area (Å²) in [5.74, 6) is 0.0463. The Bertz CT molecular complexity index is 261. The average Bonchev–Trinajstić information content (AvgIpc) is 2.31. The molecule has 1 aromatic rings. The number of furan rings is 1. The second kappa shape index (κ2) is 3.05. The molecule has 0 saturated heterocycles. The Hall–Kier alpha value is -0.180. The van der Waals surface area contributed by atoms with Gasteiger partial charge in [0.1, 0.15) is 0 Å². The van der Waals surface area contributed by atoms with Gasteiger partial charge in [0.15, 0.2) is 12.0 Å². The molecule has 0 spiro atoms. The number of aldehydes is 1. The van der Waals surface area contributed by atoms with Gasteiger partial charge in [0, 0.05) is 0 Å². The number of rotatable bonds is 1. The van der Waals surface area contributed by atoms with Gasteiger partial charge < -0.3 is 4.42 Å². The topological polar surface area (TPSA) is 30.2 Å². The lowest BCUT2D eigenvalue weighted by molar-refractivity contribution is 0.109. The third-order valence-corrected chi connectivity index (χ3v) is 1.72. The molecule has 2 nitrogen and oxygen atoms in total. The van der Waals surface area contributed by atoms with Gasteiger partial charge >= 0.3 is 0 Å². The second-order valence-electron chi connectivity index (χ2n) is 1.81. The van der Waals surface area contributed by atoms with Gasteiger partial charge in [0.05, 0.1) is 11.8 Å². The molecule has 1 rings (SSSR count). The van der Waals surface area contributed by atoms with Crippen molar-refractivity contribution in [3.05, 3.63) is 23.7 Å². The van der Waals surface area contributed by atoms with Crippen molar-refractivity contribution in [1.82, 2.24) is 0 Å². The molecule has 1 aromatic heterocycles. The van der Waals surface area contributed by atoms with Gasteiger partial charge in [-0.05, 0) is 6.07 Å². The summed E-state index contributed by atoms with van der Waals surface area (Å²) in [5, 5.41) is 0. The van der Waals surface area contributed by atoms with Gasteiger partial charge in [-0.25, -0.2) is 0 Å². The molecule has 0 unspecified atom stereocenters. The van der Waals surface area contributed by atoms with E-state index in [1.54, 1.807) is 0 Å². The van der Waals surface area contributed by atoms with E-state index in [0.29, 0.717) is 6.29 Å². The zero-order valence-corrected chi connectivity index (χ0v) is 7.45. The van der Waals surface area contributed by atoms with Crippen LogP contribution in [0.4, 0.5) is 0 Å². The Labute approximate surface area is 78.0 Å². The fourth-order valence-electron chi connectivity index (χ4n) is 0.646. The van der Waals surface area contributed by atoms with E-state index in [2.05, 4.69) is 0 Å². The summed E-state index contributed by atoms with van der Waals surface area (Å²) < 4.78 is 3.12. The summed E-state index contributed by atoms with van der Waals surface area (Å²) in [7, 11) is 0. The van der Waals surface area contributed by atoms with Crippen LogP contribution in [-0.2, 0) is 3.79 Å². The molecule has 0 aliphatic carbocycles. The molecular weight excluding hydrogens is 210 g/mol. The standard InChI is InChI=1S/C6H3Cl3O2/c7-6(8,9)4-1-2-11-5(4)3-10/h1-3H. The molecule has 1 heterocycles. The van der Waals surface area contributed by atoms with E-state index in [4.69, 9.17) is 39.2 Å². The highest BCUT2D eigenvalue weighted by molar-refractivity contribution is 6.66. The van der Waals surface area contributed by atoms with Crippen molar-refractivity contribution in [1.29, 1.82) is 0 Å². The van der Waals surface area contributed by atoms with Crippen LogP contribution in [0.15, 0.2) is 16.7 Å². The molecule has 5 heteroatoms. The van der Waals surface area contributed by atoms with Gasteiger partial charge in [-0.3, -0.25) is 4.79 Å². The van der Waals surface area contributed by atoms with E-state index in [0.717, 1.165) is 0 Å². The van der Waals surface area contributed by atoms with Crippen LogP contribution < -0.4 is 0 Å². The van der Waals surface area contributed by atoms with E-state index in [1.165, 1.54) is 12.3 Å². The van der Waals surface area contributed by atoms with Crippen molar-refractivity contribution in [2.24, 2.45) is 0 Å². The summed E-state index contributed by atoms with van der Waals surface area (Å²) in [6.45, 7) is 0. The Kier molecular flexibility index (Phi) is 2.47. The number of carbonyl (C=O) groups is 1. The van der Waals surface area contributed by atoms with E-state index in [1.807, 2.05) is 0 Å². The first-order valence-corrected chi connectivity index (χ1v) is 3.79. The molecule has 0 aliphatic rings.